The lowest BCUT2D eigenvalue weighted by molar-refractivity contribution is -0.111. The molecule has 0 aliphatic heterocycles. The number of hydrogen-bond acceptors (Lipinski definition) is 2. The van der Waals surface area contributed by atoms with Gasteiger partial charge in [-0.3, -0.25) is 0 Å². The molecule has 0 saturated carbocycles. The summed E-state index contributed by atoms with van der Waals surface area (Å²) in [6.45, 7) is 19.8. The lowest BCUT2D eigenvalue weighted by atomic mass is 9.90. The molecule has 20 heavy (non-hydrogen) atoms. The maximum atomic E-state index is 10.9. The molecule has 0 bridgehead atoms. The predicted octanol–water partition coefficient (Wildman–Crippen LogP) is 5.20. The van der Waals surface area contributed by atoms with Gasteiger partial charge < -0.3 is 9.22 Å². The first-order chi connectivity index (χ1) is 8.96. The lowest BCUT2D eigenvalue weighted by Gasteiger charge is -2.41. The Kier molecular flexibility index (Phi) is 7.40. The maximum Gasteiger partial charge on any atom is 0.192 e. The molecule has 3 heteroatoms. The van der Waals surface area contributed by atoms with E-state index < -0.39 is 8.32 Å². The Morgan fingerprint density at radius 3 is 2.10 bits per heavy atom. The SMILES string of the molecule is C/C=C(\C)[C@H](O[Si](C)(C)C(C)(C)C)[C@H](C)CC(C)C=O. The van der Waals surface area contributed by atoms with Crippen LogP contribution < -0.4 is 0 Å². The van der Waals surface area contributed by atoms with Crippen LogP contribution in [0.5, 0.6) is 0 Å². The summed E-state index contributed by atoms with van der Waals surface area (Å²) in [6, 6.07) is 0. The van der Waals surface area contributed by atoms with Crippen LogP contribution in [-0.2, 0) is 9.22 Å². The van der Waals surface area contributed by atoms with Crippen molar-refractivity contribution in [3.8, 4) is 0 Å². The van der Waals surface area contributed by atoms with E-state index in [4.69, 9.17) is 4.43 Å². The van der Waals surface area contributed by atoms with Gasteiger partial charge in [0, 0.05) is 5.92 Å². The Balaban J connectivity index is 5.14. The van der Waals surface area contributed by atoms with Crippen molar-refractivity contribution in [1.29, 1.82) is 0 Å². The van der Waals surface area contributed by atoms with Crippen LogP contribution in [0.4, 0.5) is 0 Å². The second-order valence-electron chi connectivity index (χ2n) is 7.66. The fourth-order valence-electron chi connectivity index (χ4n) is 2.08. The van der Waals surface area contributed by atoms with Gasteiger partial charge in [0.2, 0.25) is 0 Å². The summed E-state index contributed by atoms with van der Waals surface area (Å²) in [5.41, 5.74) is 1.28. The van der Waals surface area contributed by atoms with Crippen molar-refractivity contribution >= 4 is 14.6 Å². The van der Waals surface area contributed by atoms with Gasteiger partial charge in [0.25, 0.3) is 0 Å². The normalized spacial score (nSPS) is 18.6. The van der Waals surface area contributed by atoms with E-state index in [0.29, 0.717) is 5.92 Å². The molecule has 0 heterocycles. The summed E-state index contributed by atoms with van der Waals surface area (Å²) in [5.74, 6) is 0.459. The van der Waals surface area contributed by atoms with E-state index in [2.05, 4.69) is 60.7 Å². The lowest BCUT2D eigenvalue weighted by Crippen LogP contribution is -2.46. The standard InChI is InChI=1S/C17H34O2Si/c1-10-14(3)16(15(4)11-13(2)12-18)19-20(8,9)17(5,6)7/h10,12-13,15-16H,11H2,1-9H3/b14-10+/t13?,15-,16+/m1/s1. The van der Waals surface area contributed by atoms with Gasteiger partial charge in [-0.2, -0.15) is 0 Å². The molecule has 3 atom stereocenters. The second-order valence-corrected chi connectivity index (χ2v) is 12.4. The molecule has 0 aromatic heterocycles. The summed E-state index contributed by atoms with van der Waals surface area (Å²) in [7, 11) is -1.80. The number of carbonyl (C=O) groups excluding carboxylic acids is 1. The van der Waals surface area contributed by atoms with Crippen molar-refractivity contribution in [2.24, 2.45) is 11.8 Å². The summed E-state index contributed by atoms with van der Waals surface area (Å²) in [5, 5.41) is 0.204. The maximum absolute atomic E-state index is 10.9. The van der Waals surface area contributed by atoms with E-state index in [1.54, 1.807) is 0 Å². The summed E-state index contributed by atoms with van der Waals surface area (Å²) >= 11 is 0. The van der Waals surface area contributed by atoms with Gasteiger partial charge >= 0.3 is 0 Å². The third-order valence-electron chi connectivity index (χ3n) is 4.62. The molecule has 0 N–H and O–H groups in total. The van der Waals surface area contributed by atoms with E-state index in [1.807, 2.05) is 6.92 Å². The Morgan fingerprint density at radius 2 is 1.75 bits per heavy atom. The first-order valence-electron chi connectivity index (χ1n) is 7.72. The minimum Gasteiger partial charge on any atom is -0.410 e. The van der Waals surface area contributed by atoms with Crippen LogP contribution in [0.2, 0.25) is 18.1 Å². The Labute approximate surface area is 127 Å². The molecule has 0 fully saturated rings. The molecule has 118 valence electrons. The zero-order valence-corrected chi connectivity index (χ0v) is 15.9. The summed E-state index contributed by atoms with van der Waals surface area (Å²) < 4.78 is 6.62. The molecule has 0 amide bonds. The highest BCUT2D eigenvalue weighted by molar-refractivity contribution is 6.74. The highest BCUT2D eigenvalue weighted by Gasteiger charge is 2.40. The molecule has 1 unspecified atom stereocenters. The molecule has 0 saturated heterocycles. The number of hydrogen-bond donors (Lipinski definition) is 0. The first-order valence-corrected chi connectivity index (χ1v) is 10.6. The minimum atomic E-state index is -1.80. The zero-order valence-electron chi connectivity index (χ0n) is 14.9. The summed E-state index contributed by atoms with van der Waals surface area (Å²) in [6.07, 6.45) is 4.20. The van der Waals surface area contributed by atoms with Crippen molar-refractivity contribution in [2.75, 3.05) is 0 Å². The van der Waals surface area contributed by atoms with Gasteiger partial charge in [-0.1, -0.05) is 40.7 Å². The molecule has 0 aromatic rings. The van der Waals surface area contributed by atoms with Crippen LogP contribution in [0.15, 0.2) is 11.6 Å². The van der Waals surface area contributed by atoms with Crippen molar-refractivity contribution < 1.29 is 9.22 Å². The van der Waals surface area contributed by atoms with E-state index in [0.717, 1.165) is 12.7 Å². The van der Waals surface area contributed by atoms with Crippen molar-refractivity contribution in [1.82, 2.24) is 0 Å². The minimum absolute atomic E-state index is 0.0974. The summed E-state index contributed by atoms with van der Waals surface area (Å²) in [4.78, 5) is 10.9. The monoisotopic (exact) mass is 298 g/mol. The fraction of sp³-hybridized carbons (Fsp3) is 0.824. The topological polar surface area (TPSA) is 26.3 Å². The van der Waals surface area contributed by atoms with Crippen LogP contribution in [0, 0.1) is 11.8 Å². The van der Waals surface area contributed by atoms with E-state index in [9.17, 15) is 4.79 Å². The van der Waals surface area contributed by atoms with Crippen LogP contribution in [0.3, 0.4) is 0 Å². The average molecular weight is 299 g/mol. The van der Waals surface area contributed by atoms with E-state index in [1.165, 1.54) is 5.57 Å². The van der Waals surface area contributed by atoms with Gasteiger partial charge in [0.05, 0.1) is 6.10 Å². The molecule has 0 aliphatic carbocycles. The third-order valence-corrected chi connectivity index (χ3v) is 9.08. The Bertz CT molecular complexity index is 339. The largest absolute Gasteiger partial charge is 0.410 e. The van der Waals surface area contributed by atoms with Crippen molar-refractivity contribution in [2.45, 2.75) is 79.1 Å². The molecule has 2 nitrogen and oxygen atoms in total. The van der Waals surface area contributed by atoms with Crippen LogP contribution >= 0.6 is 0 Å². The number of aldehydes is 1. The fourth-order valence-corrected chi connectivity index (χ4v) is 3.49. The van der Waals surface area contributed by atoms with Crippen molar-refractivity contribution in [3.63, 3.8) is 0 Å². The van der Waals surface area contributed by atoms with Crippen molar-refractivity contribution in [3.05, 3.63) is 11.6 Å². The molecular weight excluding hydrogens is 264 g/mol. The number of rotatable bonds is 7. The van der Waals surface area contributed by atoms with Gasteiger partial charge in [0.15, 0.2) is 8.32 Å². The quantitative estimate of drug-likeness (QED) is 0.366. The van der Waals surface area contributed by atoms with Crippen LogP contribution in [0.25, 0.3) is 0 Å². The molecular formula is C17H34O2Si. The first kappa shape index (κ1) is 19.6. The average Bonchev–Trinajstić information content (AvgIpc) is 2.33. The smallest absolute Gasteiger partial charge is 0.192 e. The van der Waals surface area contributed by atoms with Gasteiger partial charge in [-0.15, -0.1) is 0 Å². The molecule has 0 aliphatic rings. The Morgan fingerprint density at radius 1 is 1.25 bits per heavy atom. The molecule has 0 spiro atoms. The molecule has 0 aromatic carbocycles. The van der Waals surface area contributed by atoms with Gasteiger partial charge in [0.1, 0.15) is 6.29 Å². The van der Waals surface area contributed by atoms with Gasteiger partial charge in [-0.05, 0) is 49.9 Å². The third kappa shape index (κ3) is 5.53. The predicted molar refractivity (Wildman–Crippen MR) is 90.5 cm³/mol. The van der Waals surface area contributed by atoms with Gasteiger partial charge in [-0.25, -0.2) is 0 Å². The number of allylic oxidation sites excluding steroid dienone is 1. The number of carbonyl (C=O) groups is 1. The second kappa shape index (κ2) is 7.55. The molecule has 0 rings (SSSR count). The Hall–Kier alpha value is -0.413. The molecule has 0 radical (unpaired) electrons. The highest BCUT2D eigenvalue weighted by atomic mass is 28.4. The van der Waals surface area contributed by atoms with Crippen LogP contribution in [-0.4, -0.2) is 20.7 Å². The highest BCUT2D eigenvalue weighted by Crippen LogP contribution is 2.39. The van der Waals surface area contributed by atoms with E-state index >= 15 is 0 Å². The van der Waals surface area contributed by atoms with Crippen LogP contribution in [0.1, 0.15) is 54.9 Å². The zero-order chi connectivity index (χ0) is 16.1. The van der Waals surface area contributed by atoms with E-state index in [-0.39, 0.29) is 17.1 Å².